The maximum Gasteiger partial charge on any atom is 0.159 e. The molecule has 4 fully saturated rings. The van der Waals surface area contributed by atoms with Crippen molar-refractivity contribution in [3.8, 4) is 18.2 Å². The third kappa shape index (κ3) is 2.53. The summed E-state index contributed by atoms with van der Waals surface area (Å²) in [6.45, 7) is 4.68. The molecule has 2 bridgehead atoms. The van der Waals surface area contributed by atoms with Crippen LogP contribution < -0.4 is 4.90 Å². The summed E-state index contributed by atoms with van der Waals surface area (Å²) in [5, 5.41) is 16.3. The van der Waals surface area contributed by atoms with Gasteiger partial charge in [-0.2, -0.15) is 5.10 Å². The first-order valence-electron chi connectivity index (χ1n) is 11.1. The Balaban J connectivity index is 1.37. The molecule has 2 aromatic heterocycles. The van der Waals surface area contributed by atoms with E-state index in [2.05, 4.69) is 44.1 Å². The largest absolute Gasteiger partial charge is 0.390 e. The van der Waals surface area contributed by atoms with Gasteiger partial charge < -0.3 is 10.0 Å². The highest BCUT2D eigenvalue weighted by molar-refractivity contribution is 5.81. The molecule has 2 saturated carbocycles. The van der Waals surface area contributed by atoms with E-state index >= 15 is 0 Å². The minimum atomic E-state index is -0.683. The van der Waals surface area contributed by atoms with Gasteiger partial charge in [0, 0.05) is 29.5 Å². The first kappa shape index (κ1) is 18.8. The summed E-state index contributed by atoms with van der Waals surface area (Å²) >= 11 is 0. The lowest BCUT2D eigenvalue weighted by Crippen LogP contribution is -2.50. The molecule has 6 heteroatoms. The number of aromatic nitrogens is 4. The van der Waals surface area contributed by atoms with Crippen LogP contribution >= 0.6 is 0 Å². The fourth-order valence-electron chi connectivity index (χ4n) is 5.76. The van der Waals surface area contributed by atoms with Crippen LogP contribution in [0.4, 0.5) is 5.82 Å². The zero-order valence-electron chi connectivity index (χ0n) is 18.0. The second kappa shape index (κ2) is 6.08. The van der Waals surface area contributed by atoms with Gasteiger partial charge in [0.25, 0.3) is 0 Å². The highest BCUT2D eigenvalue weighted by Crippen LogP contribution is 2.58. The molecule has 6 nitrogen and oxygen atoms in total. The number of terminal acetylenes is 1. The Morgan fingerprint density at radius 2 is 1.94 bits per heavy atom. The fourth-order valence-corrected chi connectivity index (χ4v) is 5.76. The van der Waals surface area contributed by atoms with E-state index in [1.807, 2.05) is 30.8 Å². The van der Waals surface area contributed by atoms with Gasteiger partial charge in [0.1, 0.15) is 12.1 Å². The van der Waals surface area contributed by atoms with E-state index in [-0.39, 0.29) is 10.8 Å². The molecule has 31 heavy (non-hydrogen) atoms. The maximum atomic E-state index is 10.7. The molecule has 7 rings (SSSR count). The first-order valence-corrected chi connectivity index (χ1v) is 11.1. The lowest BCUT2D eigenvalue weighted by Gasteiger charge is -2.45. The Kier molecular flexibility index (Phi) is 3.69. The van der Waals surface area contributed by atoms with Crippen molar-refractivity contribution in [3.63, 3.8) is 0 Å². The molecule has 1 aromatic carbocycles. The van der Waals surface area contributed by atoms with E-state index in [1.54, 1.807) is 6.33 Å². The summed E-state index contributed by atoms with van der Waals surface area (Å²) in [4.78, 5) is 11.4. The Morgan fingerprint density at radius 1 is 1.16 bits per heavy atom. The minimum absolute atomic E-state index is 0.0393. The molecule has 0 atom stereocenters. The molecule has 0 unspecified atom stereocenters. The van der Waals surface area contributed by atoms with Crippen LogP contribution in [-0.2, 0) is 5.41 Å². The number of benzene rings is 1. The Morgan fingerprint density at radius 3 is 2.58 bits per heavy atom. The molecule has 0 radical (unpaired) electrons. The Labute approximate surface area is 182 Å². The van der Waals surface area contributed by atoms with Crippen LogP contribution in [0, 0.1) is 17.8 Å². The second-order valence-corrected chi connectivity index (χ2v) is 10.2. The van der Waals surface area contributed by atoms with Gasteiger partial charge in [-0.05, 0) is 57.6 Å². The number of rotatable bonds is 4. The van der Waals surface area contributed by atoms with Crippen LogP contribution in [0.5, 0.6) is 0 Å². The summed E-state index contributed by atoms with van der Waals surface area (Å²) in [6, 6.07) is 8.88. The number of anilines is 1. The number of hydrogen-bond acceptors (Lipinski definition) is 5. The highest BCUT2D eigenvalue weighted by atomic mass is 16.3. The van der Waals surface area contributed by atoms with Crippen molar-refractivity contribution < 1.29 is 5.11 Å². The van der Waals surface area contributed by atoms with Crippen molar-refractivity contribution >= 4 is 16.7 Å². The van der Waals surface area contributed by atoms with Gasteiger partial charge in [-0.15, -0.1) is 6.42 Å². The second-order valence-electron chi connectivity index (χ2n) is 10.2. The van der Waals surface area contributed by atoms with Crippen LogP contribution in [0.3, 0.4) is 0 Å². The summed E-state index contributed by atoms with van der Waals surface area (Å²) in [6.07, 6.45) is 14.7. The average Bonchev–Trinajstić information content (AvgIpc) is 3.38. The van der Waals surface area contributed by atoms with Crippen LogP contribution in [0.2, 0.25) is 0 Å². The molecule has 2 saturated heterocycles. The van der Waals surface area contributed by atoms with Gasteiger partial charge in [0.2, 0.25) is 0 Å². The third-order valence-electron chi connectivity index (χ3n) is 8.22. The molecule has 4 aliphatic rings. The monoisotopic (exact) mass is 413 g/mol. The SMILES string of the molecule is C#CC1(c2ccc3cnn(-c4cc(N5CC6(C(C)(C)O)CC5C6)ncn4)c3c2)CCC1. The van der Waals surface area contributed by atoms with Crippen LogP contribution in [0.15, 0.2) is 36.8 Å². The Hall–Kier alpha value is -2.91. The number of fused-ring (bicyclic) bond motifs is 2. The van der Waals surface area contributed by atoms with Crippen LogP contribution in [0.25, 0.3) is 16.7 Å². The normalized spacial score (nSPS) is 26.4. The molecule has 0 amide bonds. The van der Waals surface area contributed by atoms with Crippen molar-refractivity contribution in [2.75, 3.05) is 11.4 Å². The van der Waals surface area contributed by atoms with Gasteiger partial charge in [-0.25, -0.2) is 14.6 Å². The van der Waals surface area contributed by atoms with E-state index < -0.39 is 5.60 Å². The third-order valence-corrected chi connectivity index (χ3v) is 8.22. The predicted molar refractivity (Wildman–Crippen MR) is 120 cm³/mol. The molecule has 0 spiro atoms. The van der Waals surface area contributed by atoms with E-state index in [0.717, 1.165) is 54.8 Å². The maximum absolute atomic E-state index is 10.7. The molecular formula is C25H27N5O. The van der Waals surface area contributed by atoms with Gasteiger partial charge in [0.05, 0.1) is 22.7 Å². The van der Waals surface area contributed by atoms with Gasteiger partial charge >= 0.3 is 0 Å². The van der Waals surface area contributed by atoms with E-state index in [4.69, 9.17) is 6.42 Å². The standard InChI is InChI=1S/C25H27N5O/c1-4-24(8-5-9-24)18-7-6-17-14-28-30(20(17)10-18)22-11-21(26-16-27-22)29-15-25(23(2,3)31)12-19(29)13-25/h1,6-7,10-11,14,16,19,31H,5,8-9,12-13,15H2,2-3H3. The average molecular weight is 414 g/mol. The van der Waals surface area contributed by atoms with Gasteiger partial charge in [-0.3, -0.25) is 0 Å². The number of aliphatic hydroxyl groups is 1. The van der Waals surface area contributed by atoms with Gasteiger partial charge in [-0.1, -0.05) is 18.1 Å². The zero-order valence-corrected chi connectivity index (χ0v) is 18.0. The predicted octanol–water partition coefficient (Wildman–Crippen LogP) is 3.61. The lowest BCUT2D eigenvalue weighted by atomic mass is 9.61. The topological polar surface area (TPSA) is 67.1 Å². The van der Waals surface area contributed by atoms with E-state index in [9.17, 15) is 5.11 Å². The molecule has 4 heterocycles. The lowest BCUT2D eigenvalue weighted by molar-refractivity contribution is -0.0754. The summed E-state index contributed by atoms with van der Waals surface area (Å²) in [7, 11) is 0. The smallest absolute Gasteiger partial charge is 0.159 e. The molecular weight excluding hydrogens is 386 g/mol. The van der Waals surface area contributed by atoms with Crippen molar-refractivity contribution in [2.45, 2.75) is 63.0 Å². The van der Waals surface area contributed by atoms with Crippen molar-refractivity contribution in [1.82, 2.24) is 19.7 Å². The molecule has 3 aromatic rings. The fraction of sp³-hybridized carbons (Fsp3) is 0.480. The quantitative estimate of drug-likeness (QED) is 0.662. The zero-order chi connectivity index (χ0) is 21.4. The van der Waals surface area contributed by atoms with Crippen molar-refractivity contribution in [3.05, 3.63) is 42.4 Å². The minimum Gasteiger partial charge on any atom is -0.390 e. The molecule has 1 N–H and O–H groups in total. The van der Waals surface area contributed by atoms with E-state index in [0.29, 0.717) is 6.04 Å². The highest BCUT2D eigenvalue weighted by Gasteiger charge is 2.62. The summed E-state index contributed by atoms with van der Waals surface area (Å²) in [5.74, 6) is 4.69. The van der Waals surface area contributed by atoms with Crippen molar-refractivity contribution in [2.24, 2.45) is 5.41 Å². The molecule has 2 aliphatic heterocycles. The van der Waals surface area contributed by atoms with Crippen LogP contribution in [-0.4, -0.2) is 43.0 Å². The molecule has 2 aliphatic carbocycles. The summed E-state index contributed by atoms with van der Waals surface area (Å²) in [5.41, 5.74) is 1.35. The van der Waals surface area contributed by atoms with Crippen molar-refractivity contribution in [1.29, 1.82) is 0 Å². The summed E-state index contributed by atoms with van der Waals surface area (Å²) < 4.78 is 1.89. The number of hydrogen-bond donors (Lipinski definition) is 1. The van der Waals surface area contributed by atoms with Crippen LogP contribution in [0.1, 0.15) is 51.5 Å². The molecule has 158 valence electrons. The van der Waals surface area contributed by atoms with Gasteiger partial charge in [0.15, 0.2) is 5.82 Å². The Bertz CT molecular complexity index is 1220. The number of nitrogens with zero attached hydrogens (tertiary/aromatic N) is 5. The van der Waals surface area contributed by atoms with E-state index in [1.165, 1.54) is 12.0 Å². The first-order chi connectivity index (χ1) is 14.8.